The molecule has 0 spiro atoms. The number of likely N-dealkylation sites (N-methyl/N-ethyl adjacent to an activating group) is 1. The highest BCUT2D eigenvalue weighted by Crippen LogP contribution is 2.37. The Labute approximate surface area is 230 Å². The Hall–Kier alpha value is -3.80. The van der Waals surface area contributed by atoms with Crippen LogP contribution in [0.2, 0.25) is 0 Å². The summed E-state index contributed by atoms with van der Waals surface area (Å²) in [6.45, 7) is 3.62. The normalized spacial score (nSPS) is 20.0. The molecule has 2 aromatic rings. The number of alkyl halides is 3. The lowest BCUT2D eigenvalue weighted by Gasteiger charge is -2.38. The number of carbonyl (C=O) groups excluding carboxylic acids is 3. The molecule has 3 atom stereocenters. The molecule has 1 saturated carbocycles. The maximum atomic E-state index is 13.5. The van der Waals surface area contributed by atoms with Gasteiger partial charge in [-0.25, -0.2) is 4.79 Å². The van der Waals surface area contributed by atoms with E-state index in [9.17, 15) is 32.7 Å². The molecule has 4 rings (SSSR count). The minimum atomic E-state index is -4.49. The molecule has 0 bridgehead atoms. The van der Waals surface area contributed by atoms with Crippen molar-refractivity contribution >= 4 is 29.2 Å². The van der Waals surface area contributed by atoms with Gasteiger partial charge in [-0.05, 0) is 56.2 Å². The van der Waals surface area contributed by atoms with Crippen LogP contribution in [0, 0.1) is 11.8 Å². The van der Waals surface area contributed by atoms with Crippen molar-refractivity contribution in [2.45, 2.75) is 45.0 Å². The lowest BCUT2D eigenvalue weighted by atomic mass is 9.99. The van der Waals surface area contributed by atoms with Crippen LogP contribution in [0.4, 0.5) is 29.3 Å². The van der Waals surface area contributed by atoms with E-state index in [0.717, 1.165) is 25.0 Å². The second kappa shape index (κ2) is 11.7. The number of aliphatic hydroxyl groups excluding tert-OH is 1. The Morgan fingerprint density at radius 1 is 1.15 bits per heavy atom. The summed E-state index contributed by atoms with van der Waals surface area (Å²) >= 11 is 0. The largest absolute Gasteiger partial charge is 0.485 e. The third-order valence-electron chi connectivity index (χ3n) is 7.16. The van der Waals surface area contributed by atoms with Crippen LogP contribution in [0.1, 0.15) is 42.6 Å². The topological polar surface area (TPSA) is 111 Å². The predicted molar refractivity (Wildman–Crippen MR) is 142 cm³/mol. The number of urea groups is 1. The highest BCUT2D eigenvalue weighted by atomic mass is 19.4. The zero-order valence-electron chi connectivity index (χ0n) is 22.5. The van der Waals surface area contributed by atoms with E-state index in [1.165, 1.54) is 24.1 Å². The molecular weight excluding hydrogens is 529 g/mol. The van der Waals surface area contributed by atoms with Crippen molar-refractivity contribution in [1.29, 1.82) is 0 Å². The van der Waals surface area contributed by atoms with Crippen molar-refractivity contribution in [3.05, 3.63) is 53.6 Å². The van der Waals surface area contributed by atoms with Gasteiger partial charge in [0.05, 0.1) is 36.0 Å². The molecule has 0 radical (unpaired) electrons. The van der Waals surface area contributed by atoms with Crippen molar-refractivity contribution in [2.75, 3.05) is 37.4 Å². The summed E-state index contributed by atoms with van der Waals surface area (Å²) in [5, 5.41) is 15.3. The molecule has 2 aliphatic rings. The third kappa shape index (κ3) is 6.67. The number of fused-ring (bicyclic) bond motifs is 1. The van der Waals surface area contributed by atoms with Crippen molar-refractivity contribution in [1.82, 2.24) is 9.80 Å². The number of nitrogens with zero attached hydrogens (tertiary/aromatic N) is 2. The maximum Gasteiger partial charge on any atom is 0.416 e. The number of para-hydroxylation sites is 1. The summed E-state index contributed by atoms with van der Waals surface area (Å²) in [5.41, 5.74) is -0.0616. The van der Waals surface area contributed by atoms with Gasteiger partial charge in [0.1, 0.15) is 6.10 Å². The molecule has 4 amide bonds. The summed E-state index contributed by atoms with van der Waals surface area (Å²) in [6.07, 6.45) is -3.54. The zero-order valence-corrected chi connectivity index (χ0v) is 22.5. The standard InChI is InChI=1S/C28H33F3N4O5/c1-16-13-35(17(2)15-36)26(38)21-5-4-6-22(33-25(37)18-7-8-18)24(21)40-23(16)14-34(3)27(39)32-20-11-9-19(10-12-20)28(29,30)31/h4-6,9-12,16-18,23,36H,7-8,13-15H2,1-3H3,(H,32,39)(H,33,37)/t16-,17+,23-/m0/s1. The molecule has 3 N–H and O–H groups in total. The molecule has 0 saturated heterocycles. The van der Waals surface area contributed by atoms with E-state index in [1.807, 2.05) is 6.92 Å². The fraction of sp³-hybridized carbons (Fsp3) is 0.464. The Morgan fingerprint density at radius 2 is 1.82 bits per heavy atom. The summed E-state index contributed by atoms with van der Waals surface area (Å²) in [5.74, 6) is -0.715. The molecular formula is C28H33F3N4O5. The number of carbonyl (C=O) groups is 3. The van der Waals surface area contributed by atoms with E-state index in [-0.39, 0.29) is 60.3 Å². The summed E-state index contributed by atoms with van der Waals surface area (Å²) in [7, 11) is 1.52. The number of anilines is 2. The van der Waals surface area contributed by atoms with Crippen LogP contribution in [0.25, 0.3) is 0 Å². The van der Waals surface area contributed by atoms with Crippen LogP contribution in [-0.4, -0.2) is 71.6 Å². The first kappa shape index (κ1) is 29.2. The molecule has 1 aliphatic carbocycles. The minimum absolute atomic E-state index is 0.0630. The van der Waals surface area contributed by atoms with Gasteiger partial charge in [-0.1, -0.05) is 13.0 Å². The van der Waals surface area contributed by atoms with Gasteiger partial charge >= 0.3 is 12.2 Å². The van der Waals surface area contributed by atoms with E-state index in [2.05, 4.69) is 10.6 Å². The second-order valence-electron chi connectivity index (χ2n) is 10.5. The minimum Gasteiger partial charge on any atom is -0.485 e. The number of halogens is 3. The molecule has 216 valence electrons. The Morgan fingerprint density at radius 3 is 2.42 bits per heavy atom. The van der Waals surface area contributed by atoms with Crippen molar-refractivity contribution in [2.24, 2.45) is 11.8 Å². The van der Waals surface area contributed by atoms with E-state index >= 15 is 0 Å². The fourth-order valence-electron chi connectivity index (χ4n) is 4.45. The van der Waals surface area contributed by atoms with Gasteiger partial charge in [0.25, 0.3) is 5.91 Å². The number of aliphatic hydroxyl groups is 1. The van der Waals surface area contributed by atoms with E-state index in [0.29, 0.717) is 5.69 Å². The van der Waals surface area contributed by atoms with Gasteiger partial charge in [-0.2, -0.15) is 13.2 Å². The second-order valence-corrected chi connectivity index (χ2v) is 10.5. The third-order valence-corrected chi connectivity index (χ3v) is 7.16. The molecule has 2 aromatic carbocycles. The van der Waals surface area contributed by atoms with Crippen molar-refractivity contribution in [3.8, 4) is 5.75 Å². The van der Waals surface area contributed by atoms with E-state index in [1.54, 1.807) is 30.0 Å². The summed E-state index contributed by atoms with van der Waals surface area (Å²) in [4.78, 5) is 41.9. The molecule has 9 nitrogen and oxygen atoms in total. The highest BCUT2D eigenvalue weighted by molar-refractivity contribution is 6.02. The number of amides is 4. The molecule has 12 heteroatoms. The Bertz CT molecular complexity index is 1250. The quantitative estimate of drug-likeness (QED) is 0.462. The molecule has 0 aromatic heterocycles. The number of ether oxygens (including phenoxy) is 1. The zero-order chi connectivity index (χ0) is 29.2. The van der Waals surface area contributed by atoms with Gasteiger partial charge < -0.3 is 30.3 Å². The molecule has 1 fully saturated rings. The van der Waals surface area contributed by atoms with Gasteiger partial charge in [0.15, 0.2) is 5.75 Å². The number of benzene rings is 2. The lowest BCUT2D eigenvalue weighted by molar-refractivity contribution is -0.137. The average Bonchev–Trinajstić information content (AvgIpc) is 3.76. The molecule has 40 heavy (non-hydrogen) atoms. The number of hydrogen-bond donors (Lipinski definition) is 3. The first-order chi connectivity index (χ1) is 18.9. The van der Waals surface area contributed by atoms with Crippen LogP contribution in [0.15, 0.2) is 42.5 Å². The number of nitrogens with one attached hydrogen (secondary N) is 2. The van der Waals surface area contributed by atoms with Crippen LogP contribution in [0.3, 0.4) is 0 Å². The van der Waals surface area contributed by atoms with Gasteiger partial charge in [-0.3, -0.25) is 9.59 Å². The monoisotopic (exact) mass is 562 g/mol. The Balaban J connectivity index is 1.57. The fourth-order valence-corrected chi connectivity index (χ4v) is 4.45. The predicted octanol–water partition coefficient (Wildman–Crippen LogP) is 4.44. The highest BCUT2D eigenvalue weighted by Gasteiger charge is 2.36. The summed E-state index contributed by atoms with van der Waals surface area (Å²) < 4.78 is 45.0. The number of rotatable bonds is 7. The van der Waals surface area contributed by atoms with Crippen LogP contribution >= 0.6 is 0 Å². The van der Waals surface area contributed by atoms with Crippen molar-refractivity contribution < 1.29 is 37.4 Å². The maximum absolute atomic E-state index is 13.5. The SMILES string of the molecule is C[C@H](CO)N1C[C@H](C)[C@H](CN(C)C(=O)Nc2ccc(C(F)(F)F)cc2)Oc2c(NC(=O)C3CC3)cccc2C1=O. The Kier molecular flexibility index (Phi) is 8.57. The van der Waals surface area contributed by atoms with E-state index in [4.69, 9.17) is 4.74 Å². The molecule has 1 heterocycles. The van der Waals surface area contributed by atoms with Crippen molar-refractivity contribution in [3.63, 3.8) is 0 Å². The first-order valence-corrected chi connectivity index (χ1v) is 13.1. The molecule has 1 aliphatic heterocycles. The van der Waals surface area contributed by atoms with Crippen LogP contribution < -0.4 is 15.4 Å². The van der Waals surface area contributed by atoms with Gasteiger partial charge in [0, 0.05) is 31.1 Å². The van der Waals surface area contributed by atoms with Gasteiger partial charge in [0.2, 0.25) is 5.91 Å². The lowest BCUT2D eigenvalue weighted by Crippen LogP contribution is -2.50. The van der Waals surface area contributed by atoms with Crippen LogP contribution in [-0.2, 0) is 11.0 Å². The van der Waals surface area contributed by atoms with E-state index < -0.39 is 29.9 Å². The van der Waals surface area contributed by atoms with Crippen LogP contribution in [0.5, 0.6) is 5.75 Å². The first-order valence-electron chi connectivity index (χ1n) is 13.1. The molecule has 0 unspecified atom stereocenters. The smallest absolute Gasteiger partial charge is 0.416 e. The number of hydrogen-bond acceptors (Lipinski definition) is 5. The average molecular weight is 563 g/mol. The summed E-state index contributed by atoms with van der Waals surface area (Å²) in [6, 6.07) is 7.95. The van der Waals surface area contributed by atoms with Gasteiger partial charge in [-0.15, -0.1) is 0 Å².